The minimum Gasteiger partial charge on any atom is -0.375 e. The highest BCUT2D eigenvalue weighted by Gasteiger charge is 2.16. The van der Waals surface area contributed by atoms with E-state index in [-0.39, 0.29) is 10.7 Å². The molecule has 1 heterocycles. The molecule has 0 unspecified atom stereocenters. The van der Waals surface area contributed by atoms with Crippen molar-refractivity contribution in [2.24, 2.45) is 0 Å². The summed E-state index contributed by atoms with van der Waals surface area (Å²) >= 11 is 1.04. The number of nitrogens with one attached hydrogen (secondary N) is 1. The molecule has 0 aliphatic carbocycles. The number of rotatable bonds is 5. The molecule has 0 radical (unpaired) electrons. The minimum atomic E-state index is -0.452. The summed E-state index contributed by atoms with van der Waals surface area (Å²) in [6.45, 7) is 3.99. The number of benzene rings is 1. The van der Waals surface area contributed by atoms with Crippen LogP contribution in [0.1, 0.15) is 16.7 Å². The number of anilines is 1. The van der Waals surface area contributed by atoms with Crippen molar-refractivity contribution in [2.45, 2.75) is 20.4 Å². The maximum absolute atomic E-state index is 11.1. The molecule has 2 aromatic rings. The lowest BCUT2D eigenvalue weighted by atomic mass is 10.1. The first-order valence-corrected chi connectivity index (χ1v) is 6.97. The van der Waals surface area contributed by atoms with Crippen molar-refractivity contribution in [3.63, 3.8) is 0 Å². The van der Waals surface area contributed by atoms with Crippen LogP contribution in [0.15, 0.2) is 23.6 Å². The Balaban J connectivity index is 2.20. The molecular weight excluding hydrogens is 294 g/mol. The van der Waals surface area contributed by atoms with E-state index in [0.717, 1.165) is 28.0 Å². The molecule has 110 valence electrons. The van der Waals surface area contributed by atoms with Crippen molar-refractivity contribution in [3.8, 4) is 0 Å². The van der Waals surface area contributed by atoms with Gasteiger partial charge < -0.3 is 5.32 Å². The first-order valence-electron chi connectivity index (χ1n) is 6.10. The summed E-state index contributed by atoms with van der Waals surface area (Å²) in [7, 11) is 0. The maximum Gasteiger partial charge on any atom is 0.324 e. The molecule has 0 atom stereocenters. The van der Waals surface area contributed by atoms with E-state index in [1.54, 1.807) is 11.4 Å². The lowest BCUT2D eigenvalue weighted by Crippen LogP contribution is -2.03. The van der Waals surface area contributed by atoms with Gasteiger partial charge in [0.25, 0.3) is 5.69 Å². The highest BCUT2D eigenvalue weighted by atomic mass is 32.1. The third-order valence-corrected chi connectivity index (χ3v) is 4.04. The fourth-order valence-electron chi connectivity index (χ4n) is 1.84. The van der Waals surface area contributed by atoms with E-state index in [9.17, 15) is 20.2 Å². The van der Waals surface area contributed by atoms with Crippen molar-refractivity contribution in [1.29, 1.82) is 0 Å². The summed E-state index contributed by atoms with van der Waals surface area (Å²) in [4.78, 5) is 20.8. The Bertz CT molecular complexity index is 711. The maximum atomic E-state index is 11.1. The average molecular weight is 307 g/mol. The van der Waals surface area contributed by atoms with Gasteiger partial charge in [-0.25, -0.2) is 0 Å². The Labute approximate surface area is 124 Å². The smallest absolute Gasteiger partial charge is 0.324 e. The molecule has 0 aliphatic rings. The Morgan fingerprint density at radius 1 is 1.10 bits per heavy atom. The second-order valence-electron chi connectivity index (χ2n) is 4.61. The lowest BCUT2D eigenvalue weighted by molar-refractivity contribution is -0.384. The third-order valence-electron chi connectivity index (χ3n) is 3.11. The molecule has 2 rings (SSSR count). The zero-order valence-corrected chi connectivity index (χ0v) is 12.3. The van der Waals surface area contributed by atoms with Gasteiger partial charge in [-0.05, 0) is 36.6 Å². The molecule has 0 saturated heterocycles. The van der Waals surface area contributed by atoms with E-state index in [4.69, 9.17) is 0 Å². The largest absolute Gasteiger partial charge is 0.375 e. The van der Waals surface area contributed by atoms with Gasteiger partial charge in [-0.3, -0.25) is 20.2 Å². The van der Waals surface area contributed by atoms with Crippen molar-refractivity contribution >= 4 is 27.7 Å². The van der Waals surface area contributed by atoms with Gasteiger partial charge in [-0.2, -0.15) is 0 Å². The molecule has 0 aliphatic heterocycles. The summed E-state index contributed by atoms with van der Waals surface area (Å²) in [5, 5.41) is 26.4. The molecule has 0 amide bonds. The first kappa shape index (κ1) is 14.9. The van der Waals surface area contributed by atoms with Crippen LogP contribution in [0.3, 0.4) is 0 Å². The van der Waals surface area contributed by atoms with Crippen LogP contribution in [0, 0.1) is 34.1 Å². The SMILES string of the molecule is Cc1cc(NCc2csc([N+](=O)[O-])c2)c([N+](=O)[O-])cc1C. The molecule has 21 heavy (non-hydrogen) atoms. The Hall–Kier alpha value is -2.48. The van der Waals surface area contributed by atoms with Gasteiger partial charge >= 0.3 is 5.00 Å². The monoisotopic (exact) mass is 307 g/mol. The van der Waals surface area contributed by atoms with Crippen LogP contribution < -0.4 is 5.32 Å². The molecule has 0 spiro atoms. The highest BCUT2D eigenvalue weighted by molar-refractivity contribution is 7.13. The molecule has 1 N–H and O–H groups in total. The van der Waals surface area contributed by atoms with E-state index < -0.39 is 9.85 Å². The van der Waals surface area contributed by atoms with E-state index >= 15 is 0 Å². The van der Waals surface area contributed by atoms with Crippen LogP contribution in [0.5, 0.6) is 0 Å². The average Bonchev–Trinajstić information content (AvgIpc) is 2.88. The second-order valence-corrected chi connectivity index (χ2v) is 5.50. The predicted molar refractivity (Wildman–Crippen MR) is 80.9 cm³/mol. The van der Waals surface area contributed by atoms with Gasteiger partial charge in [-0.15, -0.1) is 0 Å². The molecule has 1 aromatic carbocycles. The zero-order chi connectivity index (χ0) is 15.6. The van der Waals surface area contributed by atoms with E-state index in [0.29, 0.717) is 12.2 Å². The summed E-state index contributed by atoms with van der Waals surface area (Å²) in [5.41, 5.74) is 2.93. The summed E-state index contributed by atoms with van der Waals surface area (Å²) in [6, 6.07) is 4.70. The van der Waals surface area contributed by atoms with Gasteiger partial charge in [0.1, 0.15) is 5.69 Å². The number of hydrogen-bond acceptors (Lipinski definition) is 6. The van der Waals surface area contributed by atoms with Crippen LogP contribution in [-0.2, 0) is 6.54 Å². The Kier molecular flexibility index (Phi) is 4.18. The van der Waals surface area contributed by atoms with Crippen LogP contribution in [-0.4, -0.2) is 9.85 Å². The third kappa shape index (κ3) is 3.34. The highest BCUT2D eigenvalue weighted by Crippen LogP contribution is 2.29. The zero-order valence-electron chi connectivity index (χ0n) is 11.5. The van der Waals surface area contributed by atoms with Crippen molar-refractivity contribution < 1.29 is 9.85 Å². The Morgan fingerprint density at radius 3 is 2.33 bits per heavy atom. The molecule has 0 bridgehead atoms. The van der Waals surface area contributed by atoms with Crippen molar-refractivity contribution in [2.75, 3.05) is 5.32 Å². The van der Waals surface area contributed by atoms with Gasteiger partial charge in [0.15, 0.2) is 0 Å². The minimum absolute atomic E-state index is 0.00262. The number of aryl methyl sites for hydroxylation is 2. The van der Waals surface area contributed by atoms with Gasteiger partial charge in [0, 0.05) is 24.1 Å². The summed E-state index contributed by atoms with van der Waals surface area (Å²) < 4.78 is 0. The number of nitro groups is 2. The van der Waals surface area contributed by atoms with Gasteiger partial charge in [-0.1, -0.05) is 11.3 Å². The number of thiophene rings is 1. The van der Waals surface area contributed by atoms with Crippen LogP contribution in [0.25, 0.3) is 0 Å². The fraction of sp³-hybridized carbons (Fsp3) is 0.231. The van der Waals surface area contributed by atoms with E-state index in [1.165, 1.54) is 12.1 Å². The lowest BCUT2D eigenvalue weighted by Gasteiger charge is -2.09. The topological polar surface area (TPSA) is 98.3 Å². The molecule has 8 heteroatoms. The fourth-order valence-corrected chi connectivity index (χ4v) is 2.57. The molecular formula is C13H13N3O4S. The van der Waals surface area contributed by atoms with Crippen molar-refractivity contribution in [1.82, 2.24) is 0 Å². The Morgan fingerprint density at radius 2 is 1.76 bits per heavy atom. The molecule has 7 nitrogen and oxygen atoms in total. The predicted octanol–water partition coefficient (Wildman–Crippen LogP) is 3.79. The standard InChI is InChI=1S/C13H13N3O4S/c1-8-3-11(12(15(17)18)4-9(8)2)14-6-10-5-13(16(19)20)21-7-10/h3-5,7,14H,6H2,1-2H3. The van der Waals surface area contributed by atoms with Gasteiger partial charge in [0.2, 0.25) is 0 Å². The number of hydrogen-bond donors (Lipinski definition) is 1. The van der Waals surface area contributed by atoms with Crippen LogP contribution >= 0.6 is 11.3 Å². The van der Waals surface area contributed by atoms with Crippen LogP contribution in [0.2, 0.25) is 0 Å². The molecule has 0 saturated carbocycles. The van der Waals surface area contributed by atoms with E-state index in [1.807, 2.05) is 13.8 Å². The summed E-state index contributed by atoms with van der Waals surface area (Å²) in [5.74, 6) is 0. The number of nitro benzene ring substituents is 1. The number of nitrogens with zero attached hydrogens (tertiary/aromatic N) is 2. The molecule has 1 aromatic heterocycles. The van der Waals surface area contributed by atoms with Crippen LogP contribution in [0.4, 0.5) is 16.4 Å². The molecule has 0 fully saturated rings. The quantitative estimate of drug-likeness (QED) is 0.669. The van der Waals surface area contributed by atoms with Crippen molar-refractivity contribution in [3.05, 3.63) is 60.5 Å². The second kappa shape index (κ2) is 5.88. The van der Waals surface area contributed by atoms with Gasteiger partial charge in [0.05, 0.1) is 9.85 Å². The van der Waals surface area contributed by atoms with E-state index in [2.05, 4.69) is 5.32 Å². The first-order chi connectivity index (χ1) is 9.88. The summed E-state index contributed by atoms with van der Waals surface area (Å²) in [6.07, 6.45) is 0. The normalized spacial score (nSPS) is 10.4.